The van der Waals surface area contributed by atoms with E-state index >= 15 is 0 Å². The molecule has 0 bridgehead atoms. The largest absolute Gasteiger partial charge is 0.392 e. The summed E-state index contributed by atoms with van der Waals surface area (Å²) in [4.78, 5) is 10.8. The molecule has 0 N–H and O–H groups in total. The number of rotatable bonds is 0. The summed E-state index contributed by atoms with van der Waals surface area (Å²) in [6.45, 7) is 1.50. The minimum absolute atomic E-state index is 0.0243. The van der Waals surface area contributed by atoms with Crippen molar-refractivity contribution in [2.45, 2.75) is 32.4 Å². The second kappa shape index (κ2) is 3.07. The maximum atomic E-state index is 12.2. The molecule has 0 spiro atoms. The smallest absolute Gasteiger partial charge is 0.300 e. The van der Waals surface area contributed by atoms with Gasteiger partial charge in [0.1, 0.15) is 5.78 Å². The average Bonchev–Trinajstić information content (AvgIpc) is 1.83. The van der Waals surface area contributed by atoms with Crippen molar-refractivity contribution in [1.82, 2.24) is 0 Å². The van der Waals surface area contributed by atoms with E-state index in [-0.39, 0.29) is 25.0 Å². The molecule has 0 aromatic carbocycles. The van der Waals surface area contributed by atoms with Gasteiger partial charge >= 0.3 is 6.18 Å². The Labute approximate surface area is 68.9 Å². The third-order valence-electron chi connectivity index (χ3n) is 2.39. The molecule has 1 rings (SSSR count). The molecule has 1 saturated carbocycles. The summed E-state index contributed by atoms with van der Waals surface area (Å²) in [6, 6.07) is 0. The molecule has 0 aromatic heterocycles. The van der Waals surface area contributed by atoms with Gasteiger partial charge in [0.15, 0.2) is 0 Å². The highest BCUT2D eigenvalue weighted by Crippen LogP contribution is 2.39. The fraction of sp³-hybridized carbons (Fsp3) is 0.875. The first-order valence-electron chi connectivity index (χ1n) is 3.99. The molecule has 0 radical (unpaired) electrons. The summed E-state index contributed by atoms with van der Waals surface area (Å²) >= 11 is 0. The zero-order chi connectivity index (χ0) is 9.35. The van der Waals surface area contributed by atoms with E-state index in [0.29, 0.717) is 0 Å². The van der Waals surface area contributed by atoms with Crippen molar-refractivity contribution in [2.75, 3.05) is 0 Å². The SMILES string of the molecule is CC1CC(=O)CCC1C(F)(F)F. The van der Waals surface area contributed by atoms with E-state index in [4.69, 9.17) is 0 Å². The Bertz CT molecular complexity index is 185. The molecule has 70 valence electrons. The summed E-state index contributed by atoms with van der Waals surface area (Å²) in [5.41, 5.74) is 0. The topological polar surface area (TPSA) is 17.1 Å². The molecule has 0 amide bonds. The van der Waals surface area contributed by atoms with Gasteiger partial charge in [0, 0.05) is 12.8 Å². The lowest BCUT2D eigenvalue weighted by Gasteiger charge is -2.29. The highest BCUT2D eigenvalue weighted by Gasteiger charge is 2.45. The molecule has 1 nitrogen and oxygen atoms in total. The molecule has 0 aromatic rings. The minimum atomic E-state index is -4.12. The van der Waals surface area contributed by atoms with Gasteiger partial charge in [0.25, 0.3) is 0 Å². The number of hydrogen-bond donors (Lipinski definition) is 0. The lowest BCUT2D eigenvalue weighted by atomic mass is 9.79. The Morgan fingerprint density at radius 1 is 1.42 bits per heavy atom. The van der Waals surface area contributed by atoms with Crippen molar-refractivity contribution in [3.8, 4) is 0 Å². The Balaban J connectivity index is 2.62. The van der Waals surface area contributed by atoms with Crippen LogP contribution < -0.4 is 0 Å². The van der Waals surface area contributed by atoms with E-state index in [0.717, 1.165) is 0 Å². The predicted octanol–water partition coefficient (Wildman–Crippen LogP) is 2.55. The number of alkyl halides is 3. The maximum Gasteiger partial charge on any atom is 0.392 e. The number of hydrogen-bond acceptors (Lipinski definition) is 1. The lowest BCUT2D eigenvalue weighted by Crippen LogP contribution is -2.34. The van der Waals surface area contributed by atoms with Gasteiger partial charge in [0.2, 0.25) is 0 Å². The van der Waals surface area contributed by atoms with Crippen molar-refractivity contribution in [2.24, 2.45) is 11.8 Å². The Morgan fingerprint density at radius 3 is 2.42 bits per heavy atom. The first-order chi connectivity index (χ1) is 5.41. The number of halogens is 3. The van der Waals surface area contributed by atoms with Crippen LogP contribution in [0.1, 0.15) is 26.2 Å². The Kier molecular flexibility index (Phi) is 2.44. The van der Waals surface area contributed by atoms with E-state index in [1.54, 1.807) is 0 Å². The molecule has 0 saturated heterocycles. The van der Waals surface area contributed by atoms with Gasteiger partial charge in [-0.15, -0.1) is 0 Å². The summed E-state index contributed by atoms with van der Waals surface area (Å²) in [7, 11) is 0. The van der Waals surface area contributed by atoms with Gasteiger partial charge in [-0.2, -0.15) is 13.2 Å². The normalized spacial score (nSPS) is 32.2. The highest BCUT2D eigenvalue weighted by molar-refractivity contribution is 5.79. The summed E-state index contributed by atoms with van der Waals surface area (Å²) < 4.78 is 36.6. The second-order valence-electron chi connectivity index (χ2n) is 3.41. The van der Waals surface area contributed by atoms with Gasteiger partial charge < -0.3 is 0 Å². The molecule has 1 aliphatic rings. The van der Waals surface area contributed by atoms with Crippen molar-refractivity contribution >= 4 is 5.78 Å². The van der Waals surface area contributed by atoms with Crippen LogP contribution in [0.15, 0.2) is 0 Å². The lowest BCUT2D eigenvalue weighted by molar-refractivity contribution is -0.194. The van der Waals surface area contributed by atoms with Crippen LogP contribution in [0.25, 0.3) is 0 Å². The van der Waals surface area contributed by atoms with Gasteiger partial charge in [-0.3, -0.25) is 4.79 Å². The third-order valence-corrected chi connectivity index (χ3v) is 2.39. The zero-order valence-corrected chi connectivity index (χ0v) is 6.82. The van der Waals surface area contributed by atoms with Crippen LogP contribution >= 0.6 is 0 Å². The second-order valence-corrected chi connectivity index (χ2v) is 3.41. The van der Waals surface area contributed by atoms with Crippen molar-refractivity contribution in [3.63, 3.8) is 0 Å². The highest BCUT2D eigenvalue weighted by atomic mass is 19.4. The summed E-state index contributed by atoms with van der Waals surface area (Å²) in [5.74, 6) is -1.84. The van der Waals surface area contributed by atoms with Crippen molar-refractivity contribution in [3.05, 3.63) is 0 Å². The molecule has 2 unspecified atom stereocenters. The first-order valence-corrected chi connectivity index (χ1v) is 3.99. The predicted molar refractivity (Wildman–Crippen MR) is 37.6 cm³/mol. The fourth-order valence-electron chi connectivity index (χ4n) is 1.69. The molecule has 4 heteroatoms. The molecule has 1 fully saturated rings. The van der Waals surface area contributed by atoms with E-state index in [1.165, 1.54) is 6.92 Å². The molecule has 0 aliphatic heterocycles. The zero-order valence-electron chi connectivity index (χ0n) is 6.82. The average molecular weight is 180 g/mol. The van der Waals surface area contributed by atoms with E-state index < -0.39 is 18.0 Å². The molecule has 0 heterocycles. The Hall–Kier alpha value is -0.540. The van der Waals surface area contributed by atoms with Gasteiger partial charge in [-0.05, 0) is 12.3 Å². The molecular formula is C8H11F3O. The molecule has 1 aliphatic carbocycles. The number of carbonyl (C=O) groups is 1. The van der Waals surface area contributed by atoms with Crippen LogP contribution in [0.5, 0.6) is 0 Å². The van der Waals surface area contributed by atoms with E-state index in [9.17, 15) is 18.0 Å². The summed E-state index contributed by atoms with van der Waals surface area (Å²) in [6.07, 6.45) is -3.97. The van der Waals surface area contributed by atoms with Crippen LogP contribution in [0.4, 0.5) is 13.2 Å². The van der Waals surface area contributed by atoms with Crippen LogP contribution in [-0.2, 0) is 4.79 Å². The van der Waals surface area contributed by atoms with Crippen LogP contribution in [0.3, 0.4) is 0 Å². The van der Waals surface area contributed by atoms with Crippen molar-refractivity contribution in [1.29, 1.82) is 0 Å². The van der Waals surface area contributed by atoms with Gasteiger partial charge in [-0.1, -0.05) is 6.92 Å². The van der Waals surface area contributed by atoms with Crippen LogP contribution in [0.2, 0.25) is 0 Å². The standard InChI is InChI=1S/C8H11F3O/c1-5-4-6(12)2-3-7(5)8(9,10)11/h5,7H,2-4H2,1H3. The van der Waals surface area contributed by atoms with Crippen molar-refractivity contribution < 1.29 is 18.0 Å². The fourth-order valence-corrected chi connectivity index (χ4v) is 1.69. The molecular weight excluding hydrogens is 169 g/mol. The van der Waals surface area contributed by atoms with Gasteiger partial charge in [0.05, 0.1) is 5.92 Å². The van der Waals surface area contributed by atoms with Crippen LogP contribution in [0, 0.1) is 11.8 Å². The van der Waals surface area contributed by atoms with E-state index in [1.807, 2.05) is 0 Å². The minimum Gasteiger partial charge on any atom is -0.300 e. The maximum absolute atomic E-state index is 12.2. The molecule has 12 heavy (non-hydrogen) atoms. The first kappa shape index (κ1) is 9.55. The number of ketones is 1. The monoisotopic (exact) mass is 180 g/mol. The number of Topliss-reactive ketones (excluding diaryl/α,β-unsaturated/α-hetero) is 1. The van der Waals surface area contributed by atoms with Gasteiger partial charge in [-0.25, -0.2) is 0 Å². The summed E-state index contributed by atoms with van der Waals surface area (Å²) in [5, 5.41) is 0. The molecule has 2 atom stereocenters. The van der Waals surface area contributed by atoms with E-state index in [2.05, 4.69) is 0 Å². The number of carbonyl (C=O) groups excluding carboxylic acids is 1. The quantitative estimate of drug-likeness (QED) is 0.559. The Morgan fingerprint density at radius 2 is 2.00 bits per heavy atom. The third kappa shape index (κ3) is 1.99. The van der Waals surface area contributed by atoms with Crippen LogP contribution in [-0.4, -0.2) is 12.0 Å².